The molecule has 7 nitrogen and oxygen atoms in total. The standard InChI is InChI=1S/C30H48N5O2.ClH/c31-34-33-20-7-3-1-2-5-9-23-37-26-14-18-30-16-12-22-35(28-30)21-8-4-6-10-24-36-25-13-17-29-15-11-19-32-27-29;/h11-12,15-16,19,22,27-28H,1-10,13-14,17-18,20-21,23-26H2;1H/q+1;/p-1. The molecule has 0 bridgehead atoms. The minimum atomic E-state index is 0. The largest absolute Gasteiger partial charge is 1.00 e. The molecule has 2 aromatic heterocycles. The molecule has 0 N–H and O–H groups in total. The van der Waals surface area contributed by atoms with Gasteiger partial charge < -0.3 is 21.9 Å². The van der Waals surface area contributed by atoms with E-state index < -0.39 is 0 Å². The van der Waals surface area contributed by atoms with Crippen molar-refractivity contribution >= 4 is 0 Å². The molecule has 212 valence electrons. The lowest BCUT2D eigenvalue weighted by Gasteiger charge is -2.05. The van der Waals surface area contributed by atoms with Gasteiger partial charge in [-0.1, -0.05) is 43.3 Å². The number of ether oxygens (including phenoxy) is 2. The van der Waals surface area contributed by atoms with Gasteiger partial charge >= 0.3 is 0 Å². The highest BCUT2D eigenvalue weighted by Gasteiger charge is 2.03. The molecule has 38 heavy (non-hydrogen) atoms. The first kappa shape index (κ1) is 33.8. The molecule has 0 aliphatic heterocycles. The quantitative estimate of drug-likeness (QED) is 0.0652. The molecule has 0 radical (unpaired) electrons. The van der Waals surface area contributed by atoms with Crippen molar-refractivity contribution in [3.8, 4) is 0 Å². The average Bonchev–Trinajstić information content (AvgIpc) is 2.93. The van der Waals surface area contributed by atoms with Gasteiger partial charge in [0.1, 0.15) is 6.54 Å². The average molecular weight is 546 g/mol. The number of hydrogen-bond donors (Lipinski definition) is 0. The van der Waals surface area contributed by atoms with Crippen LogP contribution in [-0.4, -0.2) is 38.0 Å². The molecular weight excluding hydrogens is 498 g/mol. The fraction of sp³-hybridized carbons (Fsp3) is 0.667. The van der Waals surface area contributed by atoms with Crippen LogP contribution in [0, 0.1) is 0 Å². The predicted molar refractivity (Wildman–Crippen MR) is 149 cm³/mol. The van der Waals surface area contributed by atoms with Gasteiger partial charge in [-0.25, -0.2) is 4.57 Å². The number of aromatic nitrogens is 2. The molecule has 0 aliphatic rings. The van der Waals surface area contributed by atoms with Gasteiger partial charge in [0.05, 0.1) is 0 Å². The topological polar surface area (TPSA) is 84.0 Å². The van der Waals surface area contributed by atoms with Gasteiger partial charge in [-0.15, -0.1) is 0 Å². The van der Waals surface area contributed by atoms with E-state index in [1.54, 1.807) is 0 Å². The molecule has 0 aromatic carbocycles. The summed E-state index contributed by atoms with van der Waals surface area (Å²) in [6, 6.07) is 8.51. The monoisotopic (exact) mass is 545 g/mol. The van der Waals surface area contributed by atoms with Crippen LogP contribution in [0.5, 0.6) is 0 Å². The Hall–Kier alpha value is -2.18. The molecule has 0 saturated heterocycles. The number of nitrogens with zero attached hydrogens (tertiary/aromatic N) is 5. The van der Waals surface area contributed by atoms with E-state index in [-0.39, 0.29) is 12.4 Å². The van der Waals surface area contributed by atoms with Gasteiger partial charge in [0, 0.05) is 68.3 Å². The summed E-state index contributed by atoms with van der Waals surface area (Å²) < 4.78 is 13.9. The van der Waals surface area contributed by atoms with Gasteiger partial charge in [-0.05, 0) is 74.6 Å². The molecule has 2 rings (SSSR count). The van der Waals surface area contributed by atoms with Crippen molar-refractivity contribution in [2.75, 3.05) is 33.0 Å². The zero-order valence-corrected chi connectivity index (χ0v) is 23.9. The fourth-order valence-corrected chi connectivity index (χ4v) is 4.36. The van der Waals surface area contributed by atoms with Crippen LogP contribution in [0.25, 0.3) is 10.4 Å². The zero-order chi connectivity index (χ0) is 26.1. The summed E-state index contributed by atoms with van der Waals surface area (Å²) in [4.78, 5) is 6.93. The molecule has 8 heteroatoms. The number of aryl methyl sites for hydroxylation is 3. The van der Waals surface area contributed by atoms with E-state index in [2.05, 4.69) is 50.2 Å². The third kappa shape index (κ3) is 19.0. The maximum absolute atomic E-state index is 8.24. The van der Waals surface area contributed by atoms with Crippen molar-refractivity contribution in [1.29, 1.82) is 0 Å². The molecule has 0 fully saturated rings. The van der Waals surface area contributed by atoms with E-state index in [0.29, 0.717) is 6.54 Å². The Labute approximate surface area is 236 Å². The normalized spacial score (nSPS) is 10.6. The second kappa shape index (κ2) is 25.1. The minimum Gasteiger partial charge on any atom is -1.00 e. The van der Waals surface area contributed by atoms with Crippen molar-refractivity contribution in [2.45, 2.75) is 96.4 Å². The zero-order valence-electron chi connectivity index (χ0n) is 23.2. The van der Waals surface area contributed by atoms with Crippen LogP contribution in [0.4, 0.5) is 0 Å². The number of unbranched alkanes of at least 4 members (excludes halogenated alkanes) is 8. The van der Waals surface area contributed by atoms with Gasteiger partial charge in [0.2, 0.25) is 0 Å². The first-order valence-corrected chi connectivity index (χ1v) is 14.4. The van der Waals surface area contributed by atoms with Crippen LogP contribution in [0.1, 0.15) is 88.2 Å². The molecular formula is C30H48ClN5O2. The van der Waals surface area contributed by atoms with Crippen molar-refractivity contribution < 1.29 is 26.4 Å². The molecule has 0 saturated carbocycles. The second-order valence-corrected chi connectivity index (χ2v) is 9.73. The van der Waals surface area contributed by atoms with E-state index in [0.717, 1.165) is 84.3 Å². The second-order valence-electron chi connectivity index (χ2n) is 9.73. The molecule has 0 atom stereocenters. The van der Waals surface area contributed by atoms with Crippen molar-refractivity contribution in [2.24, 2.45) is 5.11 Å². The summed E-state index contributed by atoms with van der Waals surface area (Å²) in [5, 5.41) is 3.57. The van der Waals surface area contributed by atoms with E-state index in [1.165, 1.54) is 49.7 Å². The van der Waals surface area contributed by atoms with Crippen molar-refractivity contribution in [3.05, 3.63) is 70.6 Å². The van der Waals surface area contributed by atoms with E-state index >= 15 is 0 Å². The van der Waals surface area contributed by atoms with E-state index in [1.807, 2.05) is 18.5 Å². The highest BCUT2D eigenvalue weighted by atomic mass is 35.5. The highest BCUT2D eigenvalue weighted by Crippen LogP contribution is 2.07. The molecule has 0 unspecified atom stereocenters. The van der Waals surface area contributed by atoms with Gasteiger partial charge in [-0.2, -0.15) is 0 Å². The lowest BCUT2D eigenvalue weighted by atomic mass is 10.1. The Kier molecular flexibility index (Phi) is 22.4. The SMILES string of the molecule is [Cl-].[N-]=[N+]=NCCCCCCCCOCCCc1ccc[n+](CCCCCCOCCCc2cccnc2)c1. The van der Waals surface area contributed by atoms with Crippen LogP contribution >= 0.6 is 0 Å². The van der Waals surface area contributed by atoms with Gasteiger partial charge in [0.15, 0.2) is 12.4 Å². The van der Waals surface area contributed by atoms with Crippen LogP contribution in [0.15, 0.2) is 54.2 Å². The molecule has 0 aliphatic carbocycles. The maximum Gasteiger partial charge on any atom is 0.171 e. The molecule has 2 aromatic rings. The summed E-state index contributed by atoms with van der Waals surface area (Å²) >= 11 is 0. The summed E-state index contributed by atoms with van der Waals surface area (Å²) in [5.41, 5.74) is 10.9. The first-order valence-electron chi connectivity index (χ1n) is 14.4. The Balaban J connectivity index is 0.00000722. The summed E-state index contributed by atoms with van der Waals surface area (Å²) in [5.74, 6) is 0. The summed E-state index contributed by atoms with van der Waals surface area (Å²) in [7, 11) is 0. The first-order chi connectivity index (χ1) is 18.4. The van der Waals surface area contributed by atoms with Crippen molar-refractivity contribution in [1.82, 2.24) is 4.98 Å². The van der Waals surface area contributed by atoms with Crippen LogP contribution in [0.2, 0.25) is 0 Å². The smallest absolute Gasteiger partial charge is 0.171 e. The minimum absolute atomic E-state index is 0. The number of hydrogen-bond acceptors (Lipinski definition) is 4. The van der Waals surface area contributed by atoms with Gasteiger partial charge in [-0.3, -0.25) is 4.98 Å². The Morgan fingerprint density at radius 2 is 1.34 bits per heavy atom. The number of halogens is 1. The Morgan fingerprint density at radius 1 is 0.737 bits per heavy atom. The Morgan fingerprint density at radius 3 is 2.03 bits per heavy atom. The lowest BCUT2D eigenvalue weighted by molar-refractivity contribution is -0.697. The third-order valence-corrected chi connectivity index (χ3v) is 6.47. The third-order valence-electron chi connectivity index (χ3n) is 6.47. The Bertz CT molecular complexity index is 850. The van der Waals surface area contributed by atoms with Crippen LogP contribution < -0.4 is 17.0 Å². The fourth-order valence-electron chi connectivity index (χ4n) is 4.36. The van der Waals surface area contributed by atoms with E-state index in [9.17, 15) is 0 Å². The number of rotatable bonds is 24. The summed E-state index contributed by atoms with van der Waals surface area (Å²) in [6.07, 6.45) is 24.3. The summed E-state index contributed by atoms with van der Waals surface area (Å²) in [6.45, 7) is 5.13. The van der Waals surface area contributed by atoms with Crippen molar-refractivity contribution in [3.63, 3.8) is 0 Å². The predicted octanol–water partition coefficient (Wildman–Crippen LogP) is 4.18. The van der Waals surface area contributed by atoms with Crippen LogP contribution in [-0.2, 0) is 28.9 Å². The molecule has 0 spiro atoms. The maximum atomic E-state index is 8.24. The van der Waals surface area contributed by atoms with Crippen LogP contribution in [0.3, 0.4) is 0 Å². The number of azide groups is 1. The molecule has 0 amide bonds. The lowest BCUT2D eigenvalue weighted by Crippen LogP contribution is -3.00. The molecule has 2 heterocycles. The van der Waals surface area contributed by atoms with E-state index in [4.69, 9.17) is 15.0 Å². The number of pyridine rings is 2. The highest BCUT2D eigenvalue weighted by molar-refractivity contribution is 5.08. The van der Waals surface area contributed by atoms with Gasteiger partial charge in [0.25, 0.3) is 0 Å².